The molecule has 3 heterocycles. The second-order valence-corrected chi connectivity index (χ2v) is 9.36. The molecule has 7 heteroatoms. The molecular weight excluding hydrogens is 404 g/mol. The molecule has 1 fully saturated rings. The highest BCUT2D eigenvalue weighted by Crippen LogP contribution is 2.48. The SMILES string of the molecule is c1cc2nc(c1)C1CCC1c1cccc(n1)SCCOCCOCCOCCS2. The third-order valence-corrected chi connectivity index (χ3v) is 7.01. The first-order chi connectivity index (χ1) is 14.4. The quantitative estimate of drug-likeness (QED) is 0.612. The minimum atomic E-state index is 0.467. The molecule has 2 atom stereocenters. The van der Waals surface area contributed by atoms with Crippen LogP contribution in [0.25, 0.3) is 0 Å². The summed E-state index contributed by atoms with van der Waals surface area (Å²) in [5.41, 5.74) is 2.39. The van der Waals surface area contributed by atoms with Crippen molar-refractivity contribution in [2.75, 3.05) is 51.1 Å². The van der Waals surface area contributed by atoms with Crippen LogP contribution in [0.5, 0.6) is 0 Å². The summed E-state index contributed by atoms with van der Waals surface area (Å²) in [6.45, 7) is 3.86. The second-order valence-electron chi connectivity index (χ2n) is 7.13. The lowest BCUT2D eigenvalue weighted by Gasteiger charge is -2.36. The normalized spacial score (nSPS) is 24.6. The van der Waals surface area contributed by atoms with Crippen molar-refractivity contribution in [1.82, 2.24) is 9.97 Å². The molecule has 156 valence electrons. The largest absolute Gasteiger partial charge is 0.378 e. The number of nitrogens with zero attached hydrogens (tertiary/aromatic N) is 2. The number of fused-ring (bicyclic) bond motifs is 7. The van der Waals surface area contributed by atoms with E-state index in [9.17, 15) is 0 Å². The van der Waals surface area contributed by atoms with Crippen LogP contribution in [0, 0.1) is 0 Å². The van der Waals surface area contributed by atoms with E-state index in [-0.39, 0.29) is 0 Å². The number of pyridine rings is 2. The maximum atomic E-state index is 5.65. The molecule has 4 bridgehead atoms. The van der Waals surface area contributed by atoms with Gasteiger partial charge in [-0.1, -0.05) is 12.1 Å². The van der Waals surface area contributed by atoms with E-state index in [2.05, 4.69) is 36.4 Å². The lowest BCUT2D eigenvalue weighted by molar-refractivity contribution is 0.0205. The molecule has 0 radical (unpaired) electrons. The Morgan fingerprint density at radius 3 is 1.52 bits per heavy atom. The maximum Gasteiger partial charge on any atom is 0.0964 e. The van der Waals surface area contributed by atoms with Crippen molar-refractivity contribution in [2.24, 2.45) is 0 Å². The van der Waals surface area contributed by atoms with Crippen molar-refractivity contribution in [3.05, 3.63) is 47.8 Å². The van der Waals surface area contributed by atoms with Gasteiger partial charge in [0.15, 0.2) is 0 Å². The van der Waals surface area contributed by atoms with Gasteiger partial charge in [0.05, 0.1) is 49.7 Å². The Balaban J connectivity index is 1.45. The molecule has 1 aliphatic carbocycles. The van der Waals surface area contributed by atoms with E-state index in [4.69, 9.17) is 24.2 Å². The Kier molecular flexibility index (Phi) is 8.25. The van der Waals surface area contributed by atoms with Crippen LogP contribution in [-0.2, 0) is 14.2 Å². The summed E-state index contributed by atoms with van der Waals surface area (Å²) in [4.78, 5) is 9.86. The van der Waals surface area contributed by atoms with Crippen molar-refractivity contribution in [1.29, 1.82) is 0 Å². The Morgan fingerprint density at radius 2 is 1.07 bits per heavy atom. The van der Waals surface area contributed by atoms with Crippen LogP contribution in [-0.4, -0.2) is 61.1 Å². The van der Waals surface area contributed by atoms with Gasteiger partial charge in [-0.3, -0.25) is 0 Å². The number of thioether (sulfide) groups is 2. The fourth-order valence-electron chi connectivity index (χ4n) is 3.60. The van der Waals surface area contributed by atoms with Crippen LogP contribution in [0.3, 0.4) is 0 Å². The van der Waals surface area contributed by atoms with Gasteiger partial charge in [0.2, 0.25) is 0 Å². The molecule has 2 aromatic heterocycles. The molecule has 0 N–H and O–H groups in total. The van der Waals surface area contributed by atoms with E-state index in [1.165, 1.54) is 24.2 Å². The zero-order valence-corrected chi connectivity index (χ0v) is 18.3. The van der Waals surface area contributed by atoms with E-state index in [0.29, 0.717) is 51.5 Å². The van der Waals surface area contributed by atoms with Crippen molar-refractivity contribution in [2.45, 2.75) is 34.7 Å². The van der Waals surface area contributed by atoms with Gasteiger partial charge in [0.25, 0.3) is 0 Å². The predicted molar refractivity (Wildman–Crippen MR) is 117 cm³/mol. The molecule has 29 heavy (non-hydrogen) atoms. The first-order valence-electron chi connectivity index (χ1n) is 10.3. The molecule has 2 aromatic rings. The van der Waals surface area contributed by atoms with E-state index >= 15 is 0 Å². The molecule has 1 aliphatic heterocycles. The Labute approximate surface area is 181 Å². The number of hydrogen-bond donors (Lipinski definition) is 0. The molecule has 0 amide bonds. The summed E-state index contributed by atoms with van der Waals surface area (Å²) in [5, 5.41) is 2.15. The highest BCUT2D eigenvalue weighted by atomic mass is 32.2. The van der Waals surface area contributed by atoms with E-state index < -0.39 is 0 Å². The Bertz CT molecular complexity index is 714. The van der Waals surface area contributed by atoms with Gasteiger partial charge in [-0.05, 0) is 37.1 Å². The van der Waals surface area contributed by atoms with Crippen molar-refractivity contribution in [3.8, 4) is 0 Å². The van der Waals surface area contributed by atoms with Crippen molar-refractivity contribution >= 4 is 23.5 Å². The molecular formula is C22H28N2O3S2. The summed E-state index contributed by atoms with van der Waals surface area (Å²) in [6.07, 6.45) is 2.36. The number of hydrogen-bond acceptors (Lipinski definition) is 7. The van der Waals surface area contributed by atoms with Crippen LogP contribution >= 0.6 is 23.5 Å². The van der Waals surface area contributed by atoms with E-state index in [1.54, 1.807) is 23.5 Å². The summed E-state index contributed by atoms with van der Waals surface area (Å²) < 4.78 is 16.9. The average Bonchev–Trinajstić information content (AvgIpc) is 2.71. The Morgan fingerprint density at radius 1 is 0.621 bits per heavy atom. The van der Waals surface area contributed by atoms with Crippen LogP contribution in [0.15, 0.2) is 46.5 Å². The number of aromatic nitrogens is 2. The second kappa shape index (κ2) is 11.3. The molecule has 0 aromatic carbocycles. The number of ether oxygens (including phenoxy) is 3. The molecule has 0 saturated heterocycles. The standard InChI is InChI=1S/C22H28N2O3S2/c1-3-19-17-7-8-18(17)20-4-2-6-22(24-20)29-16-14-27-12-10-25-9-11-26-13-15-28-21(5-1)23-19/h1-6,17-18H,7-16H2. The first kappa shape index (κ1) is 21.1. The van der Waals surface area contributed by atoms with Crippen LogP contribution in [0.1, 0.15) is 36.1 Å². The smallest absolute Gasteiger partial charge is 0.0964 e. The van der Waals surface area contributed by atoms with Crippen LogP contribution in [0.2, 0.25) is 0 Å². The van der Waals surface area contributed by atoms with Crippen LogP contribution in [0.4, 0.5) is 0 Å². The van der Waals surface area contributed by atoms with Gasteiger partial charge in [-0.25, -0.2) is 9.97 Å². The third-order valence-electron chi connectivity index (χ3n) is 5.22. The van der Waals surface area contributed by atoms with Gasteiger partial charge in [-0.15, -0.1) is 23.5 Å². The van der Waals surface area contributed by atoms with Gasteiger partial charge in [0.1, 0.15) is 0 Å². The lowest BCUT2D eigenvalue weighted by Crippen LogP contribution is -2.23. The first-order valence-corrected chi connectivity index (χ1v) is 12.3. The topological polar surface area (TPSA) is 53.5 Å². The zero-order chi connectivity index (χ0) is 19.7. The predicted octanol–water partition coefficient (Wildman–Crippen LogP) is 4.39. The number of rotatable bonds is 0. The molecule has 4 rings (SSSR count). The van der Waals surface area contributed by atoms with Gasteiger partial charge >= 0.3 is 0 Å². The minimum Gasteiger partial charge on any atom is -0.378 e. The minimum absolute atomic E-state index is 0.467. The summed E-state index contributed by atoms with van der Waals surface area (Å²) in [6, 6.07) is 12.8. The van der Waals surface area contributed by atoms with Gasteiger partial charge in [0, 0.05) is 34.7 Å². The van der Waals surface area contributed by atoms with Gasteiger partial charge < -0.3 is 14.2 Å². The molecule has 1 saturated carbocycles. The molecule has 5 nitrogen and oxygen atoms in total. The van der Waals surface area contributed by atoms with E-state index in [1.807, 2.05) is 0 Å². The Hall–Kier alpha value is -1.12. The molecule has 0 spiro atoms. The zero-order valence-electron chi connectivity index (χ0n) is 16.6. The highest BCUT2D eigenvalue weighted by Gasteiger charge is 2.35. The van der Waals surface area contributed by atoms with E-state index in [0.717, 1.165) is 21.6 Å². The molecule has 2 unspecified atom stereocenters. The van der Waals surface area contributed by atoms with Crippen LogP contribution < -0.4 is 0 Å². The fraction of sp³-hybridized carbons (Fsp3) is 0.545. The lowest BCUT2D eigenvalue weighted by atomic mass is 9.70. The molecule has 2 aliphatic rings. The summed E-state index contributed by atoms with van der Waals surface area (Å²) in [7, 11) is 0. The third kappa shape index (κ3) is 6.18. The monoisotopic (exact) mass is 432 g/mol. The van der Waals surface area contributed by atoms with Crippen molar-refractivity contribution < 1.29 is 14.2 Å². The highest BCUT2D eigenvalue weighted by molar-refractivity contribution is 7.99. The fourth-order valence-corrected chi connectivity index (χ4v) is 5.11. The summed E-state index contributed by atoms with van der Waals surface area (Å²) in [5.74, 6) is 2.73. The average molecular weight is 433 g/mol. The van der Waals surface area contributed by atoms with Crippen molar-refractivity contribution in [3.63, 3.8) is 0 Å². The van der Waals surface area contributed by atoms with Gasteiger partial charge in [-0.2, -0.15) is 0 Å². The maximum absolute atomic E-state index is 5.65. The summed E-state index contributed by atoms with van der Waals surface area (Å²) >= 11 is 3.51.